The molecule has 0 spiro atoms. The molecular formula is C21H25N5O3. The molecule has 1 aliphatic heterocycles. The van der Waals surface area contributed by atoms with Gasteiger partial charge in [-0.15, -0.1) is 0 Å². The Bertz CT molecular complexity index is 1090. The highest BCUT2D eigenvalue weighted by Crippen LogP contribution is 2.25. The van der Waals surface area contributed by atoms with Crippen LogP contribution in [0.25, 0.3) is 11.2 Å². The number of fused-ring (bicyclic) bond motifs is 1. The predicted molar refractivity (Wildman–Crippen MR) is 111 cm³/mol. The number of carbonyl (C=O) groups is 1. The van der Waals surface area contributed by atoms with Gasteiger partial charge in [0.15, 0.2) is 5.65 Å². The van der Waals surface area contributed by atoms with Crippen molar-refractivity contribution >= 4 is 22.9 Å². The first-order valence-corrected chi connectivity index (χ1v) is 9.76. The largest absolute Gasteiger partial charge is 0.383 e. The molecule has 1 aliphatic rings. The summed E-state index contributed by atoms with van der Waals surface area (Å²) in [6, 6.07) is 11.2. The van der Waals surface area contributed by atoms with Crippen LogP contribution >= 0.6 is 0 Å². The third-order valence-corrected chi connectivity index (χ3v) is 5.44. The van der Waals surface area contributed by atoms with Crippen LogP contribution in [0.2, 0.25) is 0 Å². The molecule has 0 bridgehead atoms. The van der Waals surface area contributed by atoms with E-state index >= 15 is 0 Å². The first kappa shape index (κ1) is 19.2. The number of aromatic nitrogens is 3. The number of nitrogens with one attached hydrogen (secondary N) is 1. The van der Waals surface area contributed by atoms with Crippen LogP contribution in [0.15, 0.2) is 47.4 Å². The smallest absolute Gasteiger partial charge is 0.330 e. The average molecular weight is 395 g/mol. The van der Waals surface area contributed by atoms with Gasteiger partial charge in [-0.3, -0.25) is 9.13 Å². The quantitative estimate of drug-likeness (QED) is 0.720. The molecule has 152 valence electrons. The van der Waals surface area contributed by atoms with Gasteiger partial charge in [0.2, 0.25) is 0 Å². The molecule has 1 fully saturated rings. The Labute approximate surface area is 168 Å². The molecule has 1 aromatic carbocycles. The lowest BCUT2D eigenvalue weighted by Gasteiger charge is -2.18. The van der Waals surface area contributed by atoms with Crippen molar-refractivity contribution in [2.75, 3.05) is 32.1 Å². The van der Waals surface area contributed by atoms with Crippen molar-refractivity contribution in [1.82, 2.24) is 19.0 Å². The third kappa shape index (κ3) is 3.63. The highest BCUT2D eigenvalue weighted by atomic mass is 16.5. The molecule has 8 heteroatoms. The SMILES string of the molecule is COCCn1c(=O)n([C@@H]2CCN(C(=O)Nc3ccccc3C)C2)c2ncccc21. The first-order chi connectivity index (χ1) is 14.1. The lowest BCUT2D eigenvalue weighted by molar-refractivity contribution is 0.187. The number of hydrogen-bond donors (Lipinski definition) is 1. The van der Waals surface area contributed by atoms with Crippen LogP contribution in [0, 0.1) is 6.92 Å². The Balaban J connectivity index is 1.57. The predicted octanol–water partition coefficient (Wildman–Crippen LogP) is 2.63. The second-order valence-electron chi connectivity index (χ2n) is 7.28. The summed E-state index contributed by atoms with van der Waals surface area (Å²) in [4.78, 5) is 32.0. The Morgan fingerprint density at radius 2 is 2.10 bits per heavy atom. The monoisotopic (exact) mass is 395 g/mol. The highest BCUT2D eigenvalue weighted by molar-refractivity contribution is 5.90. The maximum absolute atomic E-state index is 13.1. The third-order valence-electron chi connectivity index (χ3n) is 5.44. The van der Waals surface area contributed by atoms with Gasteiger partial charge >= 0.3 is 11.7 Å². The van der Waals surface area contributed by atoms with Crippen molar-refractivity contribution < 1.29 is 9.53 Å². The summed E-state index contributed by atoms with van der Waals surface area (Å²) in [5.74, 6) is 0. The van der Waals surface area contributed by atoms with Gasteiger partial charge in [-0.2, -0.15) is 0 Å². The topological polar surface area (TPSA) is 81.4 Å². The molecular weight excluding hydrogens is 370 g/mol. The van der Waals surface area contributed by atoms with Crippen LogP contribution in [-0.4, -0.2) is 51.9 Å². The maximum atomic E-state index is 13.1. The minimum Gasteiger partial charge on any atom is -0.383 e. The van der Waals surface area contributed by atoms with Crippen LogP contribution in [0.5, 0.6) is 0 Å². The summed E-state index contributed by atoms with van der Waals surface area (Å²) in [6.07, 6.45) is 2.40. The van der Waals surface area contributed by atoms with E-state index in [9.17, 15) is 9.59 Å². The van der Waals surface area contributed by atoms with Crippen LogP contribution in [0.1, 0.15) is 18.0 Å². The number of aryl methyl sites for hydroxylation is 1. The zero-order valence-electron chi connectivity index (χ0n) is 16.7. The number of amides is 2. The molecule has 0 aliphatic carbocycles. The van der Waals surface area contributed by atoms with Gasteiger partial charge in [0.25, 0.3) is 0 Å². The number of urea groups is 1. The molecule has 0 unspecified atom stereocenters. The van der Waals surface area contributed by atoms with Crippen molar-refractivity contribution in [3.8, 4) is 0 Å². The molecule has 2 amide bonds. The van der Waals surface area contributed by atoms with Gasteiger partial charge in [0.1, 0.15) is 0 Å². The Morgan fingerprint density at radius 3 is 2.90 bits per heavy atom. The van der Waals surface area contributed by atoms with Gasteiger partial charge in [-0.25, -0.2) is 14.6 Å². The van der Waals surface area contributed by atoms with Crippen LogP contribution < -0.4 is 11.0 Å². The number of pyridine rings is 1. The van der Waals surface area contributed by atoms with Crippen LogP contribution in [0.4, 0.5) is 10.5 Å². The molecule has 1 N–H and O–H groups in total. The number of nitrogens with zero attached hydrogens (tertiary/aromatic N) is 4. The van der Waals surface area contributed by atoms with E-state index in [0.29, 0.717) is 38.3 Å². The summed E-state index contributed by atoms with van der Waals surface area (Å²) in [5, 5.41) is 2.97. The number of anilines is 1. The Hall–Kier alpha value is -3.13. The number of methoxy groups -OCH3 is 1. The van der Waals surface area contributed by atoms with E-state index in [1.807, 2.05) is 43.3 Å². The fraction of sp³-hybridized carbons (Fsp3) is 0.381. The minimum atomic E-state index is -0.147. The molecule has 3 aromatic rings. The summed E-state index contributed by atoms with van der Waals surface area (Å²) in [6.45, 7) is 3.94. The molecule has 8 nitrogen and oxygen atoms in total. The second-order valence-corrected chi connectivity index (χ2v) is 7.28. The average Bonchev–Trinajstić information content (AvgIpc) is 3.30. The number of rotatable bonds is 5. The van der Waals surface area contributed by atoms with Crippen molar-refractivity contribution in [2.24, 2.45) is 0 Å². The molecule has 0 radical (unpaired) electrons. The van der Waals surface area contributed by atoms with E-state index in [1.54, 1.807) is 27.3 Å². The summed E-state index contributed by atoms with van der Waals surface area (Å²) in [5.41, 5.74) is 3.15. The lowest BCUT2D eigenvalue weighted by Crippen LogP contribution is -2.35. The van der Waals surface area contributed by atoms with E-state index in [1.165, 1.54) is 0 Å². The normalized spacial score (nSPS) is 16.5. The summed E-state index contributed by atoms with van der Waals surface area (Å²) in [7, 11) is 1.62. The number of ether oxygens (including phenoxy) is 1. The Morgan fingerprint density at radius 1 is 1.28 bits per heavy atom. The molecule has 0 saturated carbocycles. The van der Waals surface area contributed by atoms with Gasteiger partial charge in [-0.1, -0.05) is 18.2 Å². The van der Waals surface area contributed by atoms with Crippen LogP contribution in [-0.2, 0) is 11.3 Å². The number of carbonyl (C=O) groups excluding carboxylic acids is 1. The number of likely N-dealkylation sites (tertiary alicyclic amines) is 1. The van der Waals surface area contributed by atoms with E-state index in [2.05, 4.69) is 10.3 Å². The standard InChI is InChI=1S/C21H25N5O3/c1-15-6-3-4-7-17(15)23-20(27)24-11-9-16(14-24)26-19-18(8-5-10-22-19)25(21(26)28)12-13-29-2/h3-8,10,16H,9,11-14H2,1-2H3,(H,23,27)/t16-/m1/s1. The van der Waals surface area contributed by atoms with Crippen molar-refractivity contribution in [3.05, 3.63) is 58.6 Å². The fourth-order valence-corrected chi connectivity index (χ4v) is 3.88. The van der Waals surface area contributed by atoms with E-state index in [0.717, 1.165) is 16.8 Å². The van der Waals surface area contributed by atoms with Gasteiger partial charge in [-0.05, 0) is 37.1 Å². The zero-order chi connectivity index (χ0) is 20.4. The number of hydrogen-bond acceptors (Lipinski definition) is 4. The number of imidazole rings is 1. The molecule has 1 atom stereocenters. The molecule has 1 saturated heterocycles. The summed E-state index contributed by atoms with van der Waals surface area (Å²) < 4.78 is 8.57. The Kier molecular flexibility index (Phi) is 5.35. The maximum Gasteiger partial charge on any atom is 0.330 e. The minimum absolute atomic E-state index is 0.105. The number of para-hydroxylation sites is 1. The fourth-order valence-electron chi connectivity index (χ4n) is 3.88. The molecule has 3 heterocycles. The summed E-state index contributed by atoms with van der Waals surface area (Å²) >= 11 is 0. The lowest BCUT2D eigenvalue weighted by atomic mass is 10.2. The van der Waals surface area contributed by atoms with Gasteiger partial charge < -0.3 is 15.0 Å². The van der Waals surface area contributed by atoms with E-state index < -0.39 is 0 Å². The number of benzene rings is 1. The van der Waals surface area contributed by atoms with E-state index in [4.69, 9.17) is 4.74 Å². The molecule has 29 heavy (non-hydrogen) atoms. The second kappa shape index (κ2) is 8.08. The first-order valence-electron chi connectivity index (χ1n) is 9.76. The highest BCUT2D eigenvalue weighted by Gasteiger charge is 2.31. The molecule has 2 aromatic heterocycles. The van der Waals surface area contributed by atoms with Crippen molar-refractivity contribution in [1.29, 1.82) is 0 Å². The van der Waals surface area contributed by atoms with Gasteiger partial charge in [0, 0.05) is 32.1 Å². The van der Waals surface area contributed by atoms with E-state index in [-0.39, 0.29) is 17.8 Å². The van der Waals surface area contributed by atoms with Crippen molar-refractivity contribution in [3.63, 3.8) is 0 Å². The zero-order valence-corrected chi connectivity index (χ0v) is 16.7. The van der Waals surface area contributed by atoms with Gasteiger partial charge in [0.05, 0.1) is 24.7 Å². The molecule has 4 rings (SSSR count). The van der Waals surface area contributed by atoms with Crippen molar-refractivity contribution in [2.45, 2.75) is 25.9 Å². The van der Waals surface area contributed by atoms with Crippen LogP contribution in [0.3, 0.4) is 0 Å².